The van der Waals surface area contributed by atoms with Gasteiger partial charge in [-0.05, 0) is 38.3 Å². The number of likely N-dealkylation sites (tertiary alicyclic amines) is 1. The standard InChI is InChI=1S/C13H24N2O3/c1-9(12(17)18)11(16)14-8-13(2,3)10-5-6-15(4)7-10/h9-10H,5-8H2,1-4H3,(H,14,16)(H,17,18). The van der Waals surface area contributed by atoms with Crippen molar-refractivity contribution in [2.75, 3.05) is 26.7 Å². The number of carbonyl (C=O) groups is 2. The summed E-state index contributed by atoms with van der Waals surface area (Å²) in [6.07, 6.45) is 1.13. The SMILES string of the molecule is CC(C(=O)O)C(=O)NCC(C)(C)C1CCN(C)C1. The summed E-state index contributed by atoms with van der Waals surface area (Å²) in [7, 11) is 2.10. The molecule has 1 saturated heterocycles. The van der Waals surface area contributed by atoms with Crippen molar-refractivity contribution in [1.82, 2.24) is 10.2 Å². The molecular weight excluding hydrogens is 232 g/mol. The number of carboxylic acid groups (broad SMARTS) is 1. The van der Waals surface area contributed by atoms with E-state index < -0.39 is 17.8 Å². The molecule has 1 aliphatic rings. The fourth-order valence-electron chi connectivity index (χ4n) is 2.30. The molecule has 2 N–H and O–H groups in total. The number of nitrogens with one attached hydrogen (secondary N) is 1. The Morgan fingerprint density at radius 3 is 2.56 bits per heavy atom. The lowest BCUT2D eigenvalue weighted by atomic mass is 9.78. The second-order valence-corrected chi connectivity index (χ2v) is 6.01. The Hall–Kier alpha value is -1.10. The molecule has 5 heteroatoms. The quantitative estimate of drug-likeness (QED) is 0.714. The first-order valence-electron chi connectivity index (χ1n) is 6.43. The molecule has 0 saturated carbocycles. The highest BCUT2D eigenvalue weighted by molar-refractivity contribution is 5.96. The summed E-state index contributed by atoms with van der Waals surface area (Å²) >= 11 is 0. The van der Waals surface area contributed by atoms with Crippen LogP contribution in [0.25, 0.3) is 0 Å². The van der Waals surface area contributed by atoms with Crippen molar-refractivity contribution in [3.8, 4) is 0 Å². The second kappa shape index (κ2) is 5.69. The van der Waals surface area contributed by atoms with E-state index in [1.165, 1.54) is 6.92 Å². The van der Waals surface area contributed by atoms with E-state index in [0.717, 1.165) is 19.5 Å². The monoisotopic (exact) mass is 256 g/mol. The highest BCUT2D eigenvalue weighted by Gasteiger charge is 2.34. The second-order valence-electron chi connectivity index (χ2n) is 6.01. The Morgan fingerprint density at radius 2 is 2.11 bits per heavy atom. The largest absolute Gasteiger partial charge is 0.481 e. The van der Waals surface area contributed by atoms with E-state index in [4.69, 9.17) is 5.11 Å². The number of carbonyl (C=O) groups excluding carboxylic acids is 1. The van der Waals surface area contributed by atoms with Crippen LogP contribution in [0.1, 0.15) is 27.2 Å². The Balaban J connectivity index is 2.46. The summed E-state index contributed by atoms with van der Waals surface area (Å²) in [6, 6.07) is 0. The van der Waals surface area contributed by atoms with Gasteiger partial charge in [-0.2, -0.15) is 0 Å². The molecule has 1 rings (SSSR count). The van der Waals surface area contributed by atoms with E-state index in [2.05, 4.69) is 31.1 Å². The van der Waals surface area contributed by atoms with Gasteiger partial charge in [0.1, 0.15) is 5.92 Å². The van der Waals surface area contributed by atoms with Gasteiger partial charge in [0.05, 0.1) is 0 Å². The van der Waals surface area contributed by atoms with Crippen LogP contribution < -0.4 is 5.32 Å². The zero-order valence-electron chi connectivity index (χ0n) is 11.7. The van der Waals surface area contributed by atoms with Crippen LogP contribution >= 0.6 is 0 Å². The molecule has 1 fully saturated rings. The molecule has 104 valence electrons. The summed E-state index contributed by atoms with van der Waals surface area (Å²) in [4.78, 5) is 24.6. The van der Waals surface area contributed by atoms with Gasteiger partial charge in [0, 0.05) is 13.1 Å². The van der Waals surface area contributed by atoms with E-state index in [1.54, 1.807) is 0 Å². The van der Waals surface area contributed by atoms with Gasteiger partial charge in [-0.3, -0.25) is 9.59 Å². The smallest absolute Gasteiger partial charge is 0.315 e. The lowest BCUT2D eigenvalue weighted by Crippen LogP contribution is -2.42. The zero-order chi connectivity index (χ0) is 13.9. The van der Waals surface area contributed by atoms with Crippen molar-refractivity contribution in [2.45, 2.75) is 27.2 Å². The number of carboxylic acids is 1. The van der Waals surface area contributed by atoms with Crippen LogP contribution in [0.15, 0.2) is 0 Å². The Morgan fingerprint density at radius 1 is 1.50 bits per heavy atom. The molecule has 2 unspecified atom stereocenters. The minimum Gasteiger partial charge on any atom is -0.481 e. The molecule has 0 aliphatic carbocycles. The van der Waals surface area contributed by atoms with Gasteiger partial charge >= 0.3 is 5.97 Å². The number of amides is 1. The van der Waals surface area contributed by atoms with E-state index in [-0.39, 0.29) is 5.41 Å². The van der Waals surface area contributed by atoms with Crippen LogP contribution in [0.4, 0.5) is 0 Å². The molecule has 0 aromatic heterocycles. The molecule has 0 bridgehead atoms. The Kier molecular flexibility index (Phi) is 4.73. The van der Waals surface area contributed by atoms with Gasteiger partial charge in [0.2, 0.25) is 5.91 Å². The number of nitrogens with zero attached hydrogens (tertiary/aromatic N) is 1. The molecule has 0 aromatic rings. The highest BCUT2D eigenvalue weighted by Crippen LogP contribution is 2.33. The Labute approximate surface area is 109 Å². The average molecular weight is 256 g/mol. The first-order valence-corrected chi connectivity index (χ1v) is 6.43. The maximum atomic E-state index is 11.6. The predicted octanol–water partition coefficient (Wildman–Crippen LogP) is 0.801. The third-order valence-corrected chi connectivity index (χ3v) is 3.98. The van der Waals surface area contributed by atoms with Gasteiger partial charge in [0.25, 0.3) is 0 Å². The number of rotatable bonds is 5. The van der Waals surface area contributed by atoms with Gasteiger partial charge in [-0.25, -0.2) is 0 Å². The first kappa shape index (κ1) is 15.0. The summed E-state index contributed by atoms with van der Waals surface area (Å²) in [5.41, 5.74) is -0.00135. The summed E-state index contributed by atoms with van der Waals surface area (Å²) in [6.45, 7) is 8.33. The van der Waals surface area contributed by atoms with E-state index in [1.807, 2.05) is 0 Å². The highest BCUT2D eigenvalue weighted by atomic mass is 16.4. The minimum absolute atomic E-state index is 0.00135. The molecule has 18 heavy (non-hydrogen) atoms. The van der Waals surface area contributed by atoms with Gasteiger partial charge < -0.3 is 15.3 Å². The minimum atomic E-state index is -1.08. The van der Waals surface area contributed by atoms with E-state index >= 15 is 0 Å². The molecule has 0 aromatic carbocycles. The average Bonchev–Trinajstić information content (AvgIpc) is 2.72. The molecule has 1 aliphatic heterocycles. The van der Waals surface area contributed by atoms with E-state index in [0.29, 0.717) is 12.5 Å². The predicted molar refractivity (Wildman–Crippen MR) is 69.2 cm³/mol. The third-order valence-electron chi connectivity index (χ3n) is 3.98. The summed E-state index contributed by atoms with van der Waals surface area (Å²) < 4.78 is 0. The normalized spacial score (nSPS) is 22.8. The van der Waals surface area contributed by atoms with Gasteiger partial charge in [-0.15, -0.1) is 0 Å². The van der Waals surface area contributed by atoms with Crippen LogP contribution in [0.5, 0.6) is 0 Å². The maximum Gasteiger partial charge on any atom is 0.315 e. The van der Waals surface area contributed by atoms with E-state index in [9.17, 15) is 9.59 Å². The Bertz CT molecular complexity index is 328. The van der Waals surface area contributed by atoms with Gasteiger partial charge in [0.15, 0.2) is 0 Å². The molecule has 0 spiro atoms. The van der Waals surface area contributed by atoms with Crippen molar-refractivity contribution in [1.29, 1.82) is 0 Å². The molecule has 0 radical (unpaired) electrons. The number of hydrogen-bond donors (Lipinski definition) is 2. The first-order chi connectivity index (χ1) is 8.24. The van der Waals surface area contributed by atoms with Crippen molar-refractivity contribution < 1.29 is 14.7 Å². The van der Waals surface area contributed by atoms with Crippen LogP contribution in [0, 0.1) is 17.3 Å². The maximum absolute atomic E-state index is 11.6. The fourth-order valence-corrected chi connectivity index (χ4v) is 2.30. The van der Waals surface area contributed by atoms with Crippen LogP contribution in [0.2, 0.25) is 0 Å². The van der Waals surface area contributed by atoms with Crippen LogP contribution in [0.3, 0.4) is 0 Å². The molecule has 2 atom stereocenters. The molecular formula is C13H24N2O3. The molecule has 1 amide bonds. The van der Waals surface area contributed by atoms with Crippen molar-refractivity contribution in [3.63, 3.8) is 0 Å². The molecule has 5 nitrogen and oxygen atoms in total. The van der Waals surface area contributed by atoms with Crippen LogP contribution in [-0.4, -0.2) is 48.6 Å². The van der Waals surface area contributed by atoms with Gasteiger partial charge in [-0.1, -0.05) is 13.8 Å². The van der Waals surface area contributed by atoms with Crippen molar-refractivity contribution in [3.05, 3.63) is 0 Å². The van der Waals surface area contributed by atoms with Crippen molar-refractivity contribution >= 4 is 11.9 Å². The zero-order valence-corrected chi connectivity index (χ0v) is 11.7. The number of aliphatic carboxylic acids is 1. The lowest BCUT2D eigenvalue weighted by Gasteiger charge is -2.32. The van der Waals surface area contributed by atoms with Crippen molar-refractivity contribution in [2.24, 2.45) is 17.3 Å². The molecule has 1 heterocycles. The van der Waals surface area contributed by atoms with Crippen LogP contribution in [-0.2, 0) is 9.59 Å². The third kappa shape index (κ3) is 3.70. The summed E-state index contributed by atoms with van der Waals surface area (Å²) in [5.74, 6) is -1.91. The fraction of sp³-hybridized carbons (Fsp3) is 0.846. The topological polar surface area (TPSA) is 69.6 Å². The number of hydrogen-bond acceptors (Lipinski definition) is 3. The lowest BCUT2D eigenvalue weighted by molar-refractivity contribution is -0.146. The summed E-state index contributed by atoms with van der Waals surface area (Å²) in [5, 5.41) is 11.5.